The van der Waals surface area contributed by atoms with Crippen molar-refractivity contribution < 1.29 is 14.0 Å². The van der Waals surface area contributed by atoms with Gasteiger partial charge in [-0.15, -0.1) is 11.6 Å². The lowest BCUT2D eigenvalue weighted by Gasteiger charge is -2.31. The normalized spacial score (nSPS) is 14.9. The van der Waals surface area contributed by atoms with Gasteiger partial charge in [-0.2, -0.15) is 0 Å². The molecule has 6 nitrogen and oxygen atoms in total. The topological polar surface area (TPSA) is 65.8 Å². The zero-order valence-electron chi connectivity index (χ0n) is 18.4. The summed E-state index contributed by atoms with van der Waals surface area (Å²) in [4.78, 5) is 29.7. The Morgan fingerprint density at radius 2 is 2.00 bits per heavy atom. The largest absolute Gasteiger partial charge is 0.467 e. The molecule has 0 aliphatic carbocycles. The van der Waals surface area contributed by atoms with Gasteiger partial charge in [-0.3, -0.25) is 9.59 Å². The number of furan rings is 1. The molecule has 1 aromatic heterocycles. The monoisotopic (exact) mass is 445 g/mol. The number of carbonyl (C=O) groups is 2. The van der Waals surface area contributed by atoms with E-state index >= 15 is 0 Å². The van der Waals surface area contributed by atoms with Crippen LogP contribution in [0.2, 0.25) is 0 Å². The van der Waals surface area contributed by atoms with E-state index in [9.17, 15) is 9.59 Å². The molecule has 1 unspecified atom stereocenters. The first-order valence-corrected chi connectivity index (χ1v) is 11.6. The molecule has 1 N–H and O–H groups in total. The minimum Gasteiger partial charge on any atom is -0.467 e. The number of halogens is 1. The van der Waals surface area contributed by atoms with Crippen LogP contribution in [0.1, 0.15) is 62.1 Å². The molecule has 1 fully saturated rings. The second-order valence-electron chi connectivity index (χ2n) is 8.04. The third-order valence-corrected chi connectivity index (χ3v) is 5.75. The van der Waals surface area contributed by atoms with Gasteiger partial charge in [0.15, 0.2) is 0 Å². The molecular formula is C24H32ClN3O3. The lowest BCUT2D eigenvalue weighted by Crippen LogP contribution is -2.37. The third kappa shape index (κ3) is 6.26. The van der Waals surface area contributed by atoms with Crippen LogP contribution in [0.3, 0.4) is 0 Å². The van der Waals surface area contributed by atoms with Crippen molar-refractivity contribution in [3.05, 3.63) is 47.9 Å². The molecule has 1 aliphatic heterocycles. The van der Waals surface area contributed by atoms with Gasteiger partial charge in [-0.1, -0.05) is 13.3 Å². The van der Waals surface area contributed by atoms with Gasteiger partial charge >= 0.3 is 0 Å². The summed E-state index contributed by atoms with van der Waals surface area (Å²) in [5.41, 5.74) is 2.04. The van der Waals surface area contributed by atoms with Crippen LogP contribution in [0.15, 0.2) is 41.0 Å². The van der Waals surface area contributed by atoms with Crippen molar-refractivity contribution >= 4 is 34.8 Å². The summed E-state index contributed by atoms with van der Waals surface area (Å²) in [5, 5.41) is 2.16. The Morgan fingerprint density at radius 3 is 2.65 bits per heavy atom. The van der Waals surface area contributed by atoms with Crippen LogP contribution >= 0.6 is 11.6 Å². The Bertz CT molecular complexity index is 861. The van der Waals surface area contributed by atoms with Crippen molar-refractivity contribution in [3.63, 3.8) is 0 Å². The van der Waals surface area contributed by atoms with E-state index in [1.165, 1.54) is 0 Å². The van der Waals surface area contributed by atoms with E-state index in [4.69, 9.17) is 16.0 Å². The summed E-state index contributed by atoms with van der Waals surface area (Å²) in [6.07, 6.45) is 6.91. The summed E-state index contributed by atoms with van der Waals surface area (Å²) in [6, 6.07) is 9.36. The fourth-order valence-corrected chi connectivity index (χ4v) is 3.85. The second-order valence-corrected chi connectivity index (χ2v) is 8.70. The van der Waals surface area contributed by atoms with Crippen LogP contribution in [0, 0.1) is 0 Å². The fraction of sp³-hybridized carbons (Fsp3) is 0.500. The molecule has 1 atom stereocenters. The number of benzene rings is 1. The molecule has 168 valence electrons. The predicted octanol–water partition coefficient (Wildman–Crippen LogP) is 5.28. The van der Waals surface area contributed by atoms with Crippen LogP contribution in [-0.4, -0.2) is 41.7 Å². The highest BCUT2D eigenvalue weighted by atomic mass is 35.5. The standard InChI is InChI=1S/C24H32ClN3O3/c1-3-4-12-28(17-20-9-8-15-31-20)22-11-10-19(26-23(29)18(2)25)16-21(22)24(30)27-13-6-5-7-14-27/h8-11,15-16,18H,3-7,12-14,17H2,1-2H3,(H,26,29). The highest BCUT2D eigenvalue weighted by Gasteiger charge is 2.24. The van der Waals surface area contributed by atoms with E-state index in [2.05, 4.69) is 17.1 Å². The van der Waals surface area contributed by atoms with Crippen LogP contribution in [0.25, 0.3) is 0 Å². The number of likely N-dealkylation sites (tertiary alicyclic amines) is 1. The van der Waals surface area contributed by atoms with Crippen molar-refractivity contribution in [2.24, 2.45) is 0 Å². The third-order valence-electron chi connectivity index (χ3n) is 5.55. The van der Waals surface area contributed by atoms with Crippen molar-refractivity contribution in [2.45, 2.75) is 57.9 Å². The van der Waals surface area contributed by atoms with Gasteiger partial charge in [0.2, 0.25) is 5.91 Å². The molecule has 2 heterocycles. The molecule has 2 aromatic rings. The molecule has 0 bridgehead atoms. The van der Waals surface area contributed by atoms with E-state index in [0.29, 0.717) is 17.8 Å². The van der Waals surface area contributed by atoms with Crippen LogP contribution < -0.4 is 10.2 Å². The lowest BCUT2D eigenvalue weighted by atomic mass is 10.1. The molecule has 2 amide bonds. The van der Waals surface area contributed by atoms with Gasteiger partial charge in [0, 0.05) is 25.3 Å². The number of hydrogen-bond donors (Lipinski definition) is 1. The maximum Gasteiger partial charge on any atom is 0.256 e. The summed E-state index contributed by atoms with van der Waals surface area (Å²) >= 11 is 5.91. The summed E-state index contributed by atoms with van der Waals surface area (Å²) in [5.74, 6) is 0.565. The molecule has 1 aliphatic rings. The summed E-state index contributed by atoms with van der Waals surface area (Å²) in [7, 11) is 0. The van der Waals surface area contributed by atoms with Crippen LogP contribution in [0.4, 0.5) is 11.4 Å². The van der Waals surface area contributed by atoms with Gasteiger partial charge in [0.05, 0.1) is 24.1 Å². The first-order chi connectivity index (χ1) is 15.0. The summed E-state index contributed by atoms with van der Waals surface area (Å²) < 4.78 is 5.58. The predicted molar refractivity (Wildman–Crippen MR) is 125 cm³/mol. The SMILES string of the molecule is CCCCN(Cc1ccco1)c1ccc(NC(=O)C(C)Cl)cc1C(=O)N1CCCCC1. The van der Waals surface area contributed by atoms with Gasteiger partial charge in [-0.05, 0) is 62.9 Å². The molecular weight excluding hydrogens is 414 g/mol. The van der Waals surface area contributed by atoms with Gasteiger partial charge in [0.1, 0.15) is 11.1 Å². The Balaban J connectivity index is 1.96. The van der Waals surface area contributed by atoms with Crippen molar-refractivity contribution in [1.29, 1.82) is 0 Å². The number of nitrogens with one attached hydrogen (secondary N) is 1. The Kier molecular flexibility index (Phi) is 8.41. The average Bonchev–Trinajstić information content (AvgIpc) is 3.30. The number of amides is 2. The number of unbranched alkanes of at least 4 members (excludes halogenated alkanes) is 1. The van der Waals surface area contributed by atoms with Crippen molar-refractivity contribution in [1.82, 2.24) is 4.90 Å². The van der Waals surface area contributed by atoms with Crippen LogP contribution in [0.5, 0.6) is 0 Å². The highest BCUT2D eigenvalue weighted by molar-refractivity contribution is 6.32. The Morgan fingerprint density at radius 1 is 1.23 bits per heavy atom. The van der Waals surface area contributed by atoms with E-state index in [1.54, 1.807) is 19.3 Å². The second kappa shape index (κ2) is 11.2. The van der Waals surface area contributed by atoms with E-state index in [1.807, 2.05) is 29.2 Å². The minimum absolute atomic E-state index is 0.00524. The number of hydrogen-bond acceptors (Lipinski definition) is 4. The number of piperidine rings is 1. The van der Waals surface area contributed by atoms with E-state index in [-0.39, 0.29) is 11.8 Å². The van der Waals surface area contributed by atoms with Crippen molar-refractivity contribution in [3.8, 4) is 0 Å². The Labute approximate surface area is 189 Å². The molecule has 0 spiro atoms. The van der Waals surface area contributed by atoms with Crippen molar-refractivity contribution in [2.75, 3.05) is 29.9 Å². The van der Waals surface area contributed by atoms with Gasteiger partial charge < -0.3 is 19.5 Å². The number of rotatable bonds is 9. The quantitative estimate of drug-likeness (QED) is 0.533. The van der Waals surface area contributed by atoms with E-state index in [0.717, 1.165) is 63.2 Å². The molecule has 31 heavy (non-hydrogen) atoms. The first kappa shape index (κ1) is 23.2. The zero-order valence-corrected chi connectivity index (χ0v) is 19.2. The number of anilines is 2. The van der Waals surface area contributed by atoms with Crippen LogP contribution in [-0.2, 0) is 11.3 Å². The minimum atomic E-state index is -0.652. The number of carbonyl (C=O) groups excluding carboxylic acids is 2. The molecule has 0 saturated carbocycles. The number of nitrogens with zero attached hydrogens (tertiary/aromatic N) is 2. The maximum atomic E-state index is 13.5. The fourth-order valence-electron chi connectivity index (χ4n) is 3.79. The zero-order chi connectivity index (χ0) is 22.2. The van der Waals surface area contributed by atoms with Gasteiger partial charge in [0.25, 0.3) is 5.91 Å². The first-order valence-electron chi connectivity index (χ1n) is 11.1. The van der Waals surface area contributed by atoms with Gasteiger partial charge in [-0.25, -0.2) is 0 Å². The molecule has 0 radical (unpaired) electrons. The highest BCUT2D eigenvalue weighted by Crippen LogP contribution is 2.29. The number of alkyl halides is 1. The lowest BCUT2D eigenvalue weighted by molar-refractivity contribution is -0.115. The molecule has 3 rings (SSSR count). The molecule has 1 aromatic carbocycles. The molecule has 7 heteroatoms. The average molecular weight is 446 g/mol. The summed E-state index contributed by atoms with van der Waals surface area (Å²) in [6.45, 7) is 6.69. The molecule has 1 saturated heterocycles. The van der Waals surface area contributed by atoms with E-state index < -0.39 is 5.38 Å². The maximum absolute atomic E-state index is 13.5. The smallest absolute Gasteiger partial charge is 0.256 e. The Hall–Kier alpha value is -2.47.